The Hall–Kier alpha value is -1.81. The van der Waals surface area contributed by atoms with Crippen molar-refractivity contribution in [3.8, 4) is 0 Å². The lowest BCUT2D eigenvalue weighted by atomic mass is 10.1. The van der Waals surface area contributed by atoms with E-state index in [4.69, 9.17) is 10.2 Å². The molecule has 0 aromatic carbocycles. The summed E-state index contributed by atoms with van der Waals surface area (Å²) in [6.45, 7) is 0.684. The molecule has 0 aliphatic carbocycles. The Kier molecular flexibility index (Phi) is 8.55. The Labute approximate surface area is 143 Å². The lowest BCUT2D eigenvalue weighted by Gasteiger charge is -2.21. The van der Waals surface area contributed by atoms with Crippen LogP contribution in [0.25, 0.3) is 0 Å². The molecule has 24 heavy (non-hydrogen) atoms. The highest BCUT2D eigenvalue weighted by Crippen LogP contribution is 2.07. The van der Waals surface area contributed by atoms with Crippen molar-refractivity contribution in [1.82, 2.24) is 16.0 Å². The first-order chi connectivity index (χ1) is 11.3. The van der Waals surface area contributed by atoms with E-state index in [1.165, 1.54) is 11.8 Å². The molecular weight excluding hydrogens is 338 g/mol. The molecule has 1 heterocycles. The Bertz CT molecular complexity index is 481. The highest BCUT2D eigenvalue weighted by atomic mass is 32.2. The fraction of sp³-hybridized carbons (Fsp3) is 0.714. The van der Waals surface area contributed by atoms with Gasteiger partial charge in [0, 0.05) is 0 Å². The Balaban J connectivity index is 2.70. The van der Waals surface area contributed by atoms with Crippen LogP contribution in [0.3, 0.4) is 0 Å². The minimum Gasteiger partial charge on any atom is -0.481 e. The van der Waals surface area contributed by atoms with Crippen molar-refractivity contribution in [2.75, 3.05) is 18.6 Å². The van der Waals surface area contributed by atoms with Crippen LogP contribution >= 0.6 is 11.8 Å². The van der Waals surface area contributed by atoms with Gasteiger partial charge in [0.25, 0.3) is 0 Å². The predicted molar refractivity (Wildman–Crippen MR) is 87.8 cm³/mol. The normalized spacial score (nSPS) is 19.3. The van der Waals surface area contributed by atoms with Crippen LogP contribution < -0.4 is 16.0 Å². The van der Waals surface area contributed by atoms with Gasteiger partial charge in [-0.15, -0.1) is 0 Å². The predicted octanol–water partition coefficient (Wildman–Crippen LogP) is -0.980. The van der Waals surface area contributed by atoms with Crippen LogP contribution in [0.15, 0.2) is 0 Å². The molecule has 5 N–H and O–H groups in total. The molecule has 2 amide bonds. The summed E-state index contributed by atoms with van der Waals surface area (Å²) in [5, 5.41) is 25.7. The standard InChI is InChI=1S/C14H23N3O6S/c1-24-6-4-9(14(22)23)16-13(21)10(7-11(18)19)17-12(20)8-3-2-5-15-8/h8-10,15H,2-7H2,1H3,(H,16,21)(H,17,20)(H,18,19)(H,22,23)/t8-,9-,10-/m0/s1. The second-order valence-electron chi connectivity index (χ2n) is 5.49. The number of hydrogen-bond acceptors (Lipinski definition) is 6. The van der Waals surface area contributed by atoms with Crippen molar-refractivity contribution in [2.24, 2.45) is 0 Å². The van der Waals surface area contributed by atoms with Crippen LogP contribution in [0.1, 0.15) is 25.7 Å². The minimum atomic E-state index is -1.31. The molecule has 1 saturated heterocycles. The zero-order valence-corrected chi connectivity index (χ0v) is 14.2. The number of carbonyl (C=O) groups excluding carboxylic acids is 2. The maximum Gasteiger partial charge on any atom is 0.326 e. The van der Waals surface area contributed by atoms with Gasteiger partial charge >= 0.3 is 11.9 Å². The van der Waals surface area contributed by atoms with Crippen molar-refractivity contribution in [3.63, 3.8) is 0 Å². The SMILES string of the molecule is CSCC[C@H](NC(=O)[C@H](CC(=O)O)NC(=O)[C@@H]1CCCN1)C(=O)O. The van der Waals surface area contributed by atoms with E-state index in [1.807, 2.05) is 6.26 Å². The molecule has 136 valence electrons. The van der Waals surface area contributed by atoms with E-state index >= 15 is 0 Å². The third-order valence-electron chi connectivity index (χ3n) is 3.61. The zero-order valence-electron chi connectivity index (χ0n) is 13.4. The zero-order chi connectivity index (χ0) is 18.1. The molecule has 9 nitrogen and oxygen atoms in total. The fourth-order valence-electron chi connectivity index (χ4n) is 2.33. The van der Waals surface area contributed by atoms with E-state index < -0.39 is 48.3 Å². The van der Waals surface area contributed by atoms with Crippen molar-refractivity contribution >= 4 is 35.5 Å². The molecule has 3 atom stereocenters. The van der Waals surface area contributed by atoms with Crippen LogP contribution in [-0.2, 0) is 19.2 Å². The molecule has 0 bridgehead atoms. The van der Waals surface area contributed by atoms with Gasteiger partial charge in [-0.2, -0.15) is 11.8 Å². The number of nitrogens with one attached hydrogen (secondary N) is 3. The van der Waals surface area contributed by atoms with E-state index in [-0.39, 0.29) is 6.42 Å². The first kappa shape index (κ1) is 20.2. The monoisotopic (exact) mass is 361 g/mol. The van der Waals surface area contributed by atoms with Gasteiger partial charge in [0.2, 0.25) is 11.8 Å². The molecule has 0 aromatic rings. The second kappa shape index (κ2) is 10.1. The summed E-state index contributed by atoms with van der Waals surface area (Å²) >= 11 is 1.43. The molecule has 1 aliphatic rings. The summed E-state index contributed by atoms with van der Waals surface area (Å²) in [5.41, 5.74) is 0. The Morgan fingerprint density at radius 1 is 1.21 bits per heavy atom. The maximum atomic E-state index is 12.2. The number of amides is 2. The highest BCUT2D eigenvalue weighted by Gasteiger charge is 2.31. The molecule has 1 aliphatic heterocycles. The van der Waals surface area contributed by atoms with Gasteiger partial charge in [-0.1, -0.05) is 0 Å². The maximum absolute atomic E-state index is 12.2. The quantitative estimate of drug-likeness (QED) is 0.334. The van der Waals surface area contributed by atoms with Gasteiger partial charge in [0.1, 0.15) is 12.1 Å². The van der Waals surface area contributed by atoms with Crippen LogP contribution in [-0.4, -0.2) is 70.6 Å². The molecule has 10 heteroatoms. The van der Waals surface area contributed by atoms with Crippen LogP contribution in [0.4, 0.5) is 0 Å². The van der Waals surface area contributed by atoms with E-state index in [0.29, 0.717) is 18.7 Å². The summed E-state index contributed by atoms with van der Waals surface area (Å²) in [7, 11) is 0. The lowest BCUT2D eigenvalue weighted by Crippen LogP contribution is -2.55. The molecule has 0 unspecified atom stereocenters. The topological polar surface area (TPSA) is 145 Å². The van der Waals surface area contributed by atoms with Gasteiger partial charge in [-0.05, 0) is 37.8 Å². The molecular formula is C14H23N3O6S. The number of carboxylic acids is 2. The molecule has 0 saturated carbocycles. The molecule has 0 radical (unpaired) electrons. The lowest BCUT2D eigenvalue weighted by molar-refractivity contribution is -0.143. The van der Waals surface area contributed by atoms with Crippen molar-refractivity contribution in [1.29, 1.82) is 0 Å². The number of carboxylic acid groups (broad SMARTS) is 2. The number of rotatable bonds is 10. The Morgan fingerprint density at radius 2 is 1.92 bits per heavy atom. The molecule has 1 fully saturated rings. The molecule has 0 spiro atoms. The van der Waals surface area contributed by atoms with Crippen LogP contribution in [0.5, 0.6) is 0 Å². The fourth-order valence-corrected chi connectivity index (χ4v) is 2.80. The third-order valence-corrected chi connectivity index (χ3v) is 4.26. The largest absolute Gasteiger partial charge is 0.481 e. The van der Waals surface area contributed by atoms with E-state index in [9.17, 15) is 19.2 Å². The summed E-state index contributed by atoms with van der Waals surface area (Å²) in [4.78, 5) is 46.4. The average molecular weight is 361 g/mol. The van der Waals surface area contributed by atoms with Crippen molar-refractivity contribution in [3.05, 3.63) is 0 Å². The smallest absolute Gasteiger partial charge is 0.326 e. The van der Waals surface area contributed by atoms with E-state index in [1.54, 1.807) is 0 Å². The second-order valence-corrected chi connectivity index (χ2v) is 6.47. The summed E-state index contributed by atoms with van der Waals surface area (Å²) in [6.07, 6.45) is 2.84. The number of aliphatic carboxylic acids is 2. The first-order valence-electron chi connectivity index (χ1n) is 7.62. The minimum absolute atomic E-state index is 0.208. The summed E-state index contributed by atoms with van der Waals surface area (Å²) in [5.74, 6) is -3.19. The van der Waals surface area contributed by atoms with E-state index in [2.05, 4.69) is 16.0 Å². The van der Waals surface area contributed by atoms with Gasteiger partial charge in [-0.25, -0.2) is 4.79 Å². The number of hydrogen-bond donors (Lipinski definition) is 5. The van der Waals surface area contributed by atoms with Gasteiger partial charge in [0.05, 0.1) is 12.5 Å². The summed E-state index contributed by atoms with van der Waals surface area (Å²) in [6, 6.07) is -2.89. The van der Waals surface area contributed by atoms with Gasteiger partial charge in [-0.3, -0.25) is 14.4 Å². The van der Waals surface area contributed by atoms with E-state index in [0.717, 1.165) is 6.42 Å². The first-order valence-corrected chi connectivity index (χ1v) is 9.02. The van der Waals surface area contributed by atoms with Crippen LogP contribution in [0, 0.1) is 0 Å². The van der Waals surface area contributed by atoms with Gasteiger partial charge < -0.3 is 26.2 Å². The highest BCUT2D eigenvalue weighted by molar-refractivity contribution is 7.98. The Morgan fingerprint density at radius 3 is 2.42 bits per heavy atom. The summed E-state index contributed by atoms with van der Waals surface area (Å²) < 4.78 is 0. The average Bonchev–Trinajstić information content (AvgIpc) is 3.04. The molecule has 0 aromatic heterocycles. The number of carbonyl (C=O) groups is 4. The van der Waals surface area contributed by atoms with Gasteiger partial charge in [0.15, 0.2) is 0 Å². The third kappa shape index (κ3) is 6.75. The van der Waals surface area contributed by atoms with Crippen molar-refractivity contribution < 1.29 is 29.4 Å². The number of thioether (sulfide) groups is 1. The van der Waals surface area contributed by atoms with Crippen molar-refractivity contribution in [2.45, 2.75) is 43.8 Å². The molecule has 1 rings (SSSR count). The van der Waals surface area contributed by atoms with Crippen LogP contribution in [0.2, 0.25) is 0 Å².